The zero-order valence-corrected chi connectivity index (χ0v) is 11.1. The highest BCUT2D eigenvalue weighted by atomic mass is 35.5. The minimum Gasteiger partial charge on any atom is -0.481 e. The first kappa shape index (κ1) is 15.8. The van der Waals surface area contributed by atoms with Crippen molar-refractivity contribution in [1.29, 1.82) is 0 Å². The Labute approximate surface area is 119 Å². The van der Waals surface area contributed by atoms with E-state index in [0.29, 0.717) is 0 Å². The number of benzene rings is 1. The van der Waals surface area contributed by atoms with Gasteiger partial charge in [0.15, 0.2) is 0 Å². The minimum atomic E-state index is -1.30. The van der Waals surface area contributed by atoms with E-state index in [9.17, 15) is 14.4 Å². The van der Waals surface area contributed by atoms with Crippen LogP contribution in [0.3, 0.4) is 0 Å². The van der Waals surface area contributed by atoms with Crippen LogP contribution in [0.2, 0.25) is 5.02 Å². The highest BCUT2D eigenvalue weighted by molar-refractivity contribution is 6.33. The van der Waals surface area contributed by atoms with Crippen LogP contribution in [0.5, 0.6) is 0 Å². The summed E-state index contributed by atoms with van der Waals surface area (Å²) in [6.45, 7) is 0. The van der Waals surface area contributed by atoms with Crippen LogP contribution in [-0.4, -0.2) is 34.1 Å². The lowest BCUT2D eigenvalue weighted by Gasteiger charge is -2.13. The van der Waals surface area contributed by atoms with Crippen LogP contribution in [0, 0.1) is 0 Å². The van der Waals surface area contributed by atoms with Gasteiger partial charge in [-0.3, -0.25) is 9.59 Å². The summed E-state index contributed by atoms with van der Waals surface area (Å²) in [5.41, 5.74) is 5.88. The highest BCUT2D eigenvalue weighted by Gasteiger charge is 2.21. The Kier molecular flexibility index (Phi) is 5.33. The topological polar surface area (TPSA) is 130 Å². The Morgan fingerprint density at radius 1 is 1.30 bits per heavy atom. The molecule has 0 saturated carbocycles. The minimum absolute atomic E-state index is 0.147. The zero-order chi connectivity index (χ0) is 15.3. The Hall–Kier alpha value is -2.28. The fourth-order valence-electron chi connectivity index (χ4n) is 1.45. The number of nitrogen functional groups attached to an aromatic ring is 1. The van der Waals surface area contributed by atoms with E-state index < -0.39 is 23.9 Å². The van der Waals surface area contributed by atoms with Gasteiger partial charge in [-0.25, -0.2) is 4.79 Å². The SMILES string of the molecule is Nc1cc(C(=O)NC(CCC(=O)O)C(=O)O)ccc1Cl. The first-order valence-electron chi connectivity index (χ1n) is 5.61. The van der Waals surface area contributed by atoms with Gasteiger partial charge in [0.05, 0.1) is 10.7 Å². The number of carbonyl (C=O) groups excluding carboxylic acids is 1. The number of nitrogens with two attached hydrogens (primary N) is 1. The maximum Gasteiger partial charge on any atom is 0.326 e. The Morgan fingerprint density at radius 2 is 1.95 bits per heavy atom. The summed E-state index contributed by atoms with van der Waals surface area (Å²) < 4.78 is 0. The second-order valence-corrected chi connectivity index (χ2v) is 4.44. The van der Waals surface area contributed by atoms with Gasteiger partial charge in [-0.05, 0) is 24.6 Å². The molecule has 1 amide bonds. The van der Waals surface area contributed by atoms with E-state index in [1.165, 1.54) is 18.2 Å². The predicted molar refractivity (Wildman–Crippen MR) is 71.6 cm³/mol. The second-order valence-electron chi connectivity index (χ2n) is 4.03. The van der Waals surface area contributed by atoms with Gasteiger partial charge >= 0.3 is 11.9 Å². The smallest absolute Gasteiger partial charge is 0.326 e. The number of aliphatic carboxylic acids is 2. The maximum absolute atomic E-state index is 11.8. The third-order valence-electron chi connectivity index (χ3n) is 2.51. The first-order chi connectivity index (χ1) is 9.31. The van der Waals surface area contributed by atoms with Crippen molar-refractivity contribution in [3.8, 4) is 0 Å². The number of hydrogen-bond donors (Lipinski definition) is 4. The van der Waals surface area contributed by atoms with Crippen molar-refractivity contribution >= 4 is 35.1 Å². The molecule has 0 heterocycles. The molecular formula is C12H13ClN2O5. The molecule has 1 rings (SSSR count). The fraction of sp³-hybridized carbons (Fsp3) is 0.250. The number of carboxylic acid groups (broad SMARTS) is 2. The molecule has 0 aromatic heterocycles. The quantitative estimate of drug-likeness (QED) is 0.579. The molecule has 1 aromatic rings. The molecule has 1 atom stereocenters. The van der Waals surface area contributed by atoms with Crippen LogP contribution in [-0.2, 0) is 9.59 Å². The number of carboxylic acids is 2. The lowest BCUT2D eigenvalue weighted by atomic mass is 10.1. The van der Waals surface area contributed by atoms with Crippen molar-refractivity contribution in [2.24, 2.45) is 0 Å². The van der Waals surface area contributed by atoms with Crippen molar-refractivity contribution in [2.45, 2.75) is 18.9 Å². The summed E-state index contributed by atoms with van der Waals surface area (Å²) in [5.74, 6) is -3.10. The molecule has 7 nitrogen and oxygen atoms in total. The van der Waals surface area contributed by atoms with E-state index in [0.717, 1.165) is 0 Å². The van der Waals surface area contributed by atoms with Crippen LogP contribution in [0.1, 0.15) is 23.2 Å². The molecule has 0 spiro atoms. The third-order valence-corrected chi connectivity index (χ3v) is 2.85. The lowest BCUT2D eigenvalue weighted by molar-refractivity contribution is -0.140. The van der Waals surface area contributed by atoms with Gasteiger partial charge in [-0.2, -0.15) is 0 Å². The van der Waals surface area contributed by atoms with E-state index in [1.54, 1.807) is 0 Å². The fourth-order valence-corrected chi connectivity index (χ4v) is 1.57. The predicted octanol–water partition coefficient (Wildman–Crippen LogP) is 0.970. The maximum atomic E-state index is 11.8. The molecule has 0 aliphatic rings. The second kappa shape index (κ2) is 6.76. The van der Waals surface area contributed by atoms with Crippen LogP contribution < -0.4 is 11.1 Å². The van der Waals surface area contributed by atoms with E-state index >= 15 is 0 Å². The summed E-state index contributed by atoms with van der Waals surface area (Å²) >= 11 is 5.71. The zero-order valence-electron chi connectivity index (χ0n) is 10.3. The van der Waals surface area contributed by atoms with E-state index in [1.807, 2.05) is 0 Å². The van der Waals surface area contributed by atoms with Crippen molar-refractivity contribution in [3.05, 3.63) is 28.8 Å². The summed E-state index contributed by atoms with van der Waals surface area (Å²) in [7, 11) is 0. The molecule has 0 radical (unpaired) electrons. The summed E-state index contributed by atoms with van der Waals surface area (Å²) in [4.78, 5) is 33.2. The summed E-state index contributed by atoms with van der Waals surface area (Å²) in [5, 5.41) is 20.0. The molecule has 5 N–H and O–H groups in total. The average Bonchev–Trinajstić information content (AvgIpc) is 2.36. The molecule has 0 aliphatic heterocycles. The Bertz CT molecular complexity index is 547. The number of hydrogen-bond acceptors (Lipinski definition) is 4. The standard InChI is InChI=1S/C12H13ClN2O5/c13-7-2-1-6(5-8(7)14)11(18)15-9(12(19)20)3-4-10(16)17/h1-2,5,9H,3-4,14H2,(H,15,18)(H,16,17)(H,19,20). The van der Waals surface area contributed by atoms with Crippen LogP contribution in [0.25, 0.3) is 0 Å². The van der Waals surface area contributed by atoms with E-state index in [-0.39, 0.29) is 29.1 Å². The van der Waals surface area contributed by atoms with Crippen LogP contribution in [0.4, 0.5) is 5.69 Å². The lowest BCUT2D eigenvalue weighted by Crippen LogP contribution is -2.41. The number of rotatable bonds is 6. The molecule has 1 unspecified atom stereocenters. The number of amides is 1. The van der Waals surface area contributed by atoms with Gasteiger partial charge in [0.2, 0.25) is 0 Å². The van der Waals surface area contributed by atoms with Gasteiger partial charge in [0.25, 0.3) is 5.91 Å². The first-order valence-corrected chi connectivity index (χ1v) is 5.99. The third kappa shape index (κ3) is 4.43. The summed E-state index contributed by atoms with van der Waals surface area (Å²) in [6, 6.07) is 2.84. The number of nitrogens with one attached hydrogen (secondary N) is 1. The van der Waals surface area contributed by atoms with Gasteiger partial charge in [0, 0.05) is 12.0 Å². The van der Waals surface area contributed by atoms with Crippen molar-refractivity contribution < 1.29 is 24.6 Å². The molecule has 0 fully saturated rings. The largest absolute Gasteiger partial charge is 0.481 e. The normalized spacial score (nSPS) is 11.7. The monoisotopic (exact) mass is 300 g/mol. The van der Waals surface area contributed by atoms with Crippen LogP contribution >= 0.6 is 11.6 Å². The van der Waals surface area contributed by atoms with Crippen LogP contribution in [0.15, 0.2) is 18.2 Å². The van der Waals surface area contributed by atoms with Gasteiger partial charge < -0.3 is 21.3 Å². The molecule has 1 aromatic carbocycles. The molecule has 0 aliphatic carbocycles. The Balaban J connectivity index is 2.77. The van der Waals surface area contributed by atoms with Gasteiger partial charge in [0.1, 0.15) is 6.04 Å². The molecule has 108 valence electrons. The number of carbonyl (C=O) groups is 3. The highest BCUT2D eigenvalue weighted by Crippen LogP contribution is 2.19. The molecule has 8 heteroatoms. The van der Waals surface area contributed by atoms with Gasteiger partial charge in [-0.1, -0.05) is 11.6 Å². The van der Waals surface area contributed by atoms with Crippen molar-refractivity contribution in [1.82, 2.24) is 5.32 Å². The Morgan fingerprint density at radius 3 is 2.45 bits per heavy atom. The average molecular weight is 301 g/mol. The summed E-state index contributed by atoms with van der Waals surface area (Å²) in [6.07, 6.45) is -0.570. The van der Waals surface area contributed by atoms with Crippen molar-refractivity contribution in [3.63, 3.8) is 0 Å². The number of anilines is 1. The van der Waals surface area contributed by atoms with Gasteiger partial charge in [-0.15, -0.1) is 0 Å². The van der Waals surface area contributed by atoms with E-state index in [2.05, 4.69) is 5.32 Å². The van der Waals surface area contributed by atoms with E-state index in [4.69, 9.17) is 27.5 Å². The van der Waals surface area contributed by atoms with Crippen molar-refractivity contribution in [2.75, 3.05) is 5.73 Å². The molecule has 0 saturated heterocycles. The number of halogens is 1. The molecule has 20 heavy (non-hydrogen) atoms. The molecule has 0 bridgehead atoms. The molecular weight excluding hydrogens is 288 g/mol.